The first-order chi connectivity index (χ1) is 13.2. The molecule has 1 atom stereocenters. The molecule has 0 saturated carbocycles. The van der Waals surface area contributed by atoms with Gasteiger partial charge in [-0.15, -0.1) is 0 Å². The Balaban J connectivity index is 2.45. The molecule has 0 aliphatic carbocycles. The molecule has 0 saturated heterocycles. The summed E-state index contributed by atoms with van der Waals surface area (Å²) < 4.78 is 78.5. The largest absolute Gasteiger partial charge is 0.502 e. The lowest BCUT2D eigenvalue weighted by molar-refractivity contribution is -0.243. The third-order valence-electron chi connectivity index (χ3n) is 4.15. The Morgan fingerprint density at radius 1 is 1.32 bits per heavy atom. The molecule has 1 aliphatic heterocycles. The molecule has 0 radical (unpaired) electrons. The van der Waals surface area contributed by atoms with Crippen LogP contribution in [0.4, 0.5) is 22.0 Å². The Bertz CT molecular complexity index is 803. The van der Waals surface area contributed by atoms with Crippen LogP contribution >= 0.6 is 0 Å². The van der Waals surface area contributed by atoms with Gasteiger partial charge in [-0.1, -0.05) is 6.92 Å². The summed E-state index contributed by atoms with van der Waals surface area (Å²) in [6.45, 7) is 0.00233. The van der Waals surface area contributed by atoms with Crippen molar-refractivity contribution < 1.29 is 36.2 Å². The maximum Gasteiger partial charge on any atom is 0.408 e. The van der Waals surface area contributed by atoms with Crippen LogP contribution in [0.15, 0.2) is 53.1 Å². The van der Waals surface area contributed by atoms with E-state index in [2.05, 4.69) is 14.7 Å². The highest BCUT2D eigenvalue weighted by molar-refractivity contribution is 6.05. The number of rotatable bonds is 7. The molecule has 10 heteroatoms. The van der Waals surface area contributed by atoms with E-state index in [1.54, 1.807) is 6.92 Å². The maximum absolute atomic E-state index is 13.8. The van der Waals surface area contributed by atoms with E-state index >= 15 is 0 Å². The fourth-order valence-electron chi connectivity index (χ4n) is 2.54. The summed E-state index contributed by atoms with van der Waals surface area (Å²) in [5.41, 5.74) is -4.58. The quantitative estimate of drug-likeness (QED) is 0.386. The van der Waals surface area contributed by atoms with Gasteiger partial charge in [-0.2, -0.15) is 13.2 Å². The van der Waals surface area contributed by atoms with Gasteiger partial charge in [0.15, 0.2) is 0 Å². The summed E-state index contributed by atoms with van der Waals surface area (Å²) in [6.07, 6.45) is -4.73. The first-order valence-electron chi connectivity index (χ1n) is 8.12. The molecule has 0 spiro atoms. The molecule has 0 aromatic carbocycles. The summed E-state index contributed by atoms with van der Waals surface area (Å²) in [4.78, 5) is 19.3. The number of methoxy groups -OCH3 is 1. The fraction of sp³-hybridized carbons (Fsp3) is 0.389. The predicted molar refractivity (Wildman–Crippen MR) is 89.9 cm³/mol. The van der Waals surface area contributed by atoms with E-state index in [1.807, 2.05) is 0 Å². The Kier molecular flexibility index (Phi) is 6.52. The molecule has 5 nitrogen and oxygen atoms in total. The number of alkyl halides is 5. The number of hydrogen-bond acceptors (Lipinski definition) is 5. The number of carbonyl (C=O) groups excluding carboxylic acids is 1. The van der Waals surface area contributed by atoms with Crippen molar-refractivity contribution >= 4 is 11.7 Å². The van der Waals surface area contributed by atoms with Crippen molar-refractivity contribution in [3.05, 3.63) is 53.7 Å². The number of aromatic nitrogens is 1. The van der Waals surface area contributed by atoms with Gasteiger partial charge in [-0.25, -0.2) is 18.6 Å². The molecule has 1 unspecified atom stereocenters. The Morgan fingerprint density at radius 2 is 2.04 bits per heavy atom. The van der Waals surface area contributed by atoms with Crippen LogP contribution in [0.2, 0.25) is 0 Å². The van der Waals surface area contributed by atoms with Crippen molar-refractivity contribution in [2.45, 2.75) is 25.9 Å². The van der Waals surface area contributed by atoms with Crippen molar-refractivity contribution in [2.24, 2.45) is 10.4 Å². The van der Waals surface area contributed by atoms with E-state index in [9.17, 15) is 26.7 Å². The number of ether oxygens (including phenoxy) is 2. The molecule has 1 aliphatic rings. The van der Waals surface area contributed by atoms with Gasteiger partial charge in [-0.3, -0.25) is 4.98 Å². The van der Waals surface area contributed by atoms with Gasteiger partial charge >= 0.3 is 12.1 Å². The van der Waals surface area contributed by atoms with Crippen molar-refractivity contribution in [3.8, 4) is 0 Å². The van der Waals surface area contributed by atoms with Crippen LogP contribution < -0.4 is 0 Å². The van der Waals surface area contributed by atoms with Crippen molar-refractivity contribution in [3.63, 3.8) is 0 Å². The van der Waals surface area contributed by atoms with Crippen LogP contribution in [-0.2, 0) is 9.47 Å². The Morgan fingerprint density at radius 3 is 2.54 bits per heavy atom. The number of pyridine rings is 1. The molecule has 2 heterocycles. The molecule has 1 aromatic heterocycles. The molecular formula is C18H17F5N2O3. The van der Waals surface area contributed by atoms with Gasteiger partial charge in [0.25, 0.3) is 6.43 Å². The number of aliphatic imine (C=N–C) groups is 1. The number of hydrogen-bond donors (Lipinski definition) is 0. The molecule has 0 bridgehead atoms. The zero-order valence-corrected chi connectivity index (χ0v) is 15.0. The monoisotopic (exact) mass is 404 g/mol. The second-order valence-corrected chi connectivity index (χ2v) is 5.85. The third kappa shape index (κ3) is 4.05. The highest BCUT2D eigenvalue weighted by Gasteiger charge is 2.65. The van der Waals surface area contributed by atoms with E-state index < -0.39 is 36.3 Å². The number of halogens is 5. The van der Waals surface area contributed by atoms with E-state index in [1.165, 1.54) is 25.4 Å². The molecule has 0 amide bonds. The van der Waals surface area contributed by atoms with Crippen LogP contribution in [0.25, 0.3) is 0 Å². The van der Waals surface area contributed by atoms with E-state index in [0.29, 0.717) is 5.57 Å². The first-order valence-corrected chi connectivity index (χ1v) is 8.12. The number of allylic oxidation sites excluding steroid dienone is 2. The summed E-state index contributed by atoms with van der Waals surface area (Å²) in [5.74, 6) is -1.20. The average molecular weight is 404 g/mol. The minimum atomic E-state index is -5.44. The SMILES string of the molecule is CCC1=CC(C(COC(=O)c2cccnc2)(C(F)F)C(F)(F)F)=NC1=COC. The fourth-order valence-corrected chi connectivity index (χ4v) is 2.54. The van der Waals surface area contributed by atoms with Crippen LogP contribution in [0, 0.1) is 5.41 Å². The summed E-state index contributed by atoms with van der Waals surface area (Å²) in [5, 5.41) is 0. The van der Waals surface area contributed by atoms with Gasteiger partial charge < -0.3 is 9.47 Å². The van der Waals surface area contributed by atoms with E-state index in [0.717, 1.165) is 18.5 Å². The van der Waals surface area contributed by atoms with Crippen LogP contribution in [0.5, 0.6) is 0 Å². The predicted octanol–water partition coefficient (Wildman–Crippen LogP) is 4.33. The molecule has 1 aromatic rings. The standard InChI is InChI=1S/C18H17F5N2O3/c1-3-11-7-14(25-13(11)9-27-2)17(16(19)20,18(21,22)23)10-28-15(26)12-5-4-6-24-8-12/h4-9,16H,3,10H2,1-2H3. The lowest BCUT2D eigenvalue weighted by Gasteiger charge is -2.33. The third-order valence-corrected chi connectivity index (χ3v) is 4.15. The van der Waals surface area contributed by atoms with Gasteiger partial charge in [0.2, 0.25) is 5.41 Å². The normalized spacial score (nSPS) is 17.9. The molecule has 152 valence electrons. The topological polar surface area (TPSA) is 60.8 Å². The highest BCUT2D eigenvalue weighted by Crippen LogP contribution is 2.47. The smallest absolute Gasteiger partial charge is 0.408 e. The second-order valence-electron chi connectivity index (χ2n) is 5.85. The lowest BCUT2D eigenvalue weighted by Crippen LogP contribution is -2.53. The minimum absolute atomic E-state index is 0.00728. The van der Waals surface area contributed by atoms with Crippen LogP contribution in [0.1, 0.15) is 23.7 Å². The van der Waals surface area contributed by atoms with Crippen molar-refractivity contribution in [1.29, 1.82) is 0 Å². The van der Waals surface area contributed by atoms with E-state index in [-0.39, 0.29) is 17.7 Å². The molecule has 0 N–H and O–H groups in total. The highest BCUT2D eigenvalue weighted by atomic mass is 19.4. The summed E-state index contributed by atoms with van der Waals surface area (Å²) in [6, 6.07) is 2.61. The average Bonchev–Trinajstić information content (AvgIpc) is 3.04. The molecular weight excluding hydrogens is 387 g/mol. The molecule has 0 fully saturated rings. The van der Waals surface area contributed by atoms with Gasteiger partial charge in [-0.05, 0) is 30.2 Å². The van der Waals surface area contributed by atoms with E-state index in [4.69, 9.17) is 4.74 Å². The number of carbonyl (C=O) groups is 1. The zero-order chi connectivity index (χ0) is 20.9. The Labute approximate surface area is 157 Å². The molecule has 28 heavy (non-hydrogen) atoms. The zero-order valence-electron chi connectivity index (χ0n) is 15.0. The van der Waals surface area contributed by atoms with Crippen molar-refractivity contribution in [2.75, 3.05) is 13.7 Å². The van der Waals surface area contributed by atoms with Crippen LogP contribution in [-0.4, -0.2) is 43.0 Å². The van der Waals surface area contributed by atoms with Crippen molar-refractivity contribution in [1.82, 2.24) is 4.98 Å². The first kappa shape index (κ1) is 21.5. The second kappa shape index (κ2) is 8.49. The summed E-state index contributed by atoms with van der Waals surface area (Å²) in [7, 11) is 1.26. The van der Waals surface area contributed by atoms with Gasteiger partial charge in [0.05, 0.1) is 18.4 Å². The summed E-state index contributed by atoms with van der Waals surface area (Å²) >= 11 is 0. The Hall–Kier alpha value is -2.78. The molecule has 2 rings (SSSR count). The minimum Gasteiger partial charge on any atom is -0.502 e. The number of nitrogens with zero attached hydrogens (tertiary/aromatic N) is 2. The lowest BCUT2D eigenvalue weighted by atomic mass is 9.82. The maximum atomic E-state index is 13.8. The van der Waals surface area contributed by atoms with Crippen LogP contribution in [0.3, 0.4) is 0 Å². The van der Waals surface area contributed by atoms with Gasteiger partial charge in [0.1, 0.15) is 18.6 Å². The van der Waals surface area contributed by atoms with Gasteiger partial charge in [0, 0.05) is 12.4 Å². The number of esters is 1.